The molecule has 12 nitrogen and oxygen atoms in total. The highest BCUT2D eigenvalue weighted by atomic mass is 19.1. The van der Waals surface area contributed by atoms with Gasteiger partial charge in [-0.1, -0.05) is 0 Å². The Labute approximate surface area is 219 Å². The number of nitrogens with zero attached hydrogens (tertiary/aromatic N) is 6. The highest BCUT2D eigenvalue weighted by Gasteiger charge is 2.28. The largest absolute Gasteiger partial charge is 0.453 e. The Morgan fingerprint density at radius 1 is 1.11 bits per heavy atom. The average Bonchev–Trinajstić information content (AvgIpc) is 3.40. The third-order valence-corrected chi connectivity index (χ3v) is 6.77. The zero-order chi connectivity index (χ0) is 26.5. The number of anilines is 2. The SMILES string of the molecule is COC(=O)N1CCC(n2ncc3c(N4CCOCC4)nc(-c4ccc(NC(=O)NCCF)cc4)nc32)CC1. The first-order chi connectivity index (χ1) is 18.6. The maximum Gasteiger partial charge on any atom is 0.409 e. The standard InChI is InChI=1S/C25H31FN8O4/c1-37-25(36)33-10-6-19(7-11-33)34-23-20(16-28-34)22(32-12-14-38-15-13-32)30-21(31-23)17-2-4-18(5-3-17)29-24(35)27-9-8-26/h2-5,16,19H,6-15H2,1H3,(H2,27,29,35). The van der Waals surface area contributed by atoms with Crippen molar-refractivity contribution in [3.63, 3.8) is 0 Å². The molecule has 3 aromatic rings. The number of carbonyl (C=O) groups is 2. The highest BCUT2D eigenvalue weighted by Crippen LogP contribution is 2.32. The van der Waals surface area contributed by atoms with Crippen molar-refractivity contribution in [2.75, 3.05) is 69.9 Å². The average molecular weight is 527 g/mol. The lowest BCUT2D eigenvalue weighted by Crippen LogP contribution is -2.39. The molecule has 2 aromatic heterocycles. The van der Waals surface area contributed by atoms with Crippen LogP contribution in [-0.4, -0.2) is 96.5 Å². The van der Waals surface area contributed by atoms with Crippen molar-refractivity contribution in [1.29, 1.82) is 0 Å². The van der Waals surface area contributed by atoms with Gasteiger partial charge in [0.2, 0.25) is 0 Å². The lowest BCUT2D eigenvalue weighted by atomic mass is 10.1. The van der Waals surface area contributed by atoms with Crippen molar-refractivity contribution in [1.82, 2.24) is 30.0 Å². The van der Waals surface area contributed by atoms with Crippen molar-refractivity contribution in [2.45, 2.75) is 18.9 Å². The summed E-state index contributed by atoms with van der Waals surface area (Å²) in [5.41, 5.74) is 2.09. The molecule has 0 aliphatic carbocycles. The number of amides is 3. The smallest absolute Gasteiger partial charge is 0.409 e. The summed E-state index contributed by atoms with van der Waals surface area (Å²) >= 11 is 0. The van der Waals surface area contributed by atoms with Crippen LogP contribution < -0.4 is 15.5 Å². The number of morpholine rings is 1. The van der Waals surface area contributed by atoms with Gasteiger partial charge in [0.15, 0.2) is 11.5 Å². The van der Waals surface area contributed by atoms with E-state index in [2.05, 4.69) is 15.5 Å². The van der Waals surface area contributed by atoms with Gasteiger partial charge in [-0.3, -0.25) is 0 Å². The molecule has 5 rings (SSSR count). The fourth-order valence-electron chi connectivity index (χ4n) is 4.78. The number of nitrogens with one attached hydrogen (secondary N) is 2. The number of piperidine rings is 1. The molecular formula is C25H31FN8O4. The van der Waals surface area contributed by atoms with Gasteiger partial charge in [-0.15, -0.1) is 0 Å². The molecule has 2 fully saturated rings. The molecule has 4 heterocycles. The Hall–Kier alpha value is -4.00. The lowest BCUT2D eigenvalue weighted by Gasteiger charge is -2.31. The van der Waals surface area contributed by atoms with Crippen LogP contribution in [0.2, 0.25) is 0 Å². The molecule has 0 radical (unpaired) electrons. The minimum atomic E-state index is -0.626. The van der Waals surface area contributed by atoms with Gasteiger partial charge in [0, 0.05) is 44.0 Å². The molecule has 13 heteroatoms. The van der Waals surface area contributed by atoms with Crippen LogP contribution in [0.1, 0.15) is 18.9 Å². The van der Waals surface area contributed by atoms with E-state index < -0.39 is 12.7 Å². The summed E-state index contributed by atoms with van der Waals surface area (Å²) in [4.78, 5) is 37.5. The maximum absolute atomic E-state index is 12.3. The van der Waals surface area contributed by atoms with Gasteiger partial charge in [-0.2, -0.15) is 5.10 Å². The van der Waals surface area contributed by atoms with Gasteiger partial charge in [-0.05, 0) is 37.1 Å². The maximum atomic E-state index is 12.3. The number of aromatic nitrogens is 4. The van der Waals surface area contributed by atoms with E-state index in [0.717, 1.165) is 35.3 Å². The van der Waals surface area contributed by atoms with Crippen LogP contribution in [0.25, 0.3) is 22.4 Å². The number of fused-ring (bicyclic) bond motifs is 1. The van der Waals surface area contributed by atoms with E-state index >= 15 is 0 Å². The molecule has 2 aliphatic rings. The number of hydrogen-bond acceptors (Lipinski definition) is 8. The normalized spacial score (nSPS) is 16.5. The summed E-state index contributed by atoms with van der Waals surface area (Å²) in [6.45, 7) is 3.16. The van der Waals surface area contributed by atoms with Gasteiger partial charge in [-0.25, -0.2) is 28.6 Å². The van der Waals surface area contributed by atoms with Crippen molar-refractivity contribution in [3.05, 3.63) is 30.5 Å². The number of halogens is 1. The predicted octanol–water partition coefficient (Wildman–Crippen LogP) is 2.82. The molecule has 1 aromatic carbocycles. The van der Waals surface area contributed by atoms with Crippen molar-refractivity contribution < 1.29 is 23.5 Å². The van der Waals surface area contributed by atoms with Crippen molar-refractivity contribution >= 4 is 34.7 Å². The third kappa shape index (κ3) is 5.47. The topological polar surface area (TPSA) is 127 Å². The first kappa shape index (κ1) is 25.6. The summed E-state index contributed by atoms with van der Waals surface area (Å²) in [6.07, 6.45) is 2.98. The zero-order valence-electron chi connectivity index (χ0n) is 21.2. The number of rotatable bonds is 6. The molecule has 0 unspecified atom stereocenters. The molecule has 0 saturated carbocycles. The van der Waals surface area contributed by atoms with Crippen LogP contribution in [0.4, 0.5) is 25.5 Å². The Kier molecular flexibility index (Phi) is 7.82. The number of alkyl halides is 1. The Morgan fingerprint density at radius 2 is 1.84 bits per heavy atom. The summed E-state index contributed by atoms with van der Waals surface area (Å²) in [6, 6.07) is 6.81. The quantitative estimate of drug-likeness (QED) is 0.502. The first-order valence-corrected chi connectivity index (χ1v) is 12.7. The highest BCUT2D eigenvalue weighted by molar-refractivity contribution is 5.90. The number of carbonyl (C=O) groups excluding carboxylic acids is 2. The second-order valence-corrected chi connectivity index (χ2v) is 9.13. The molecule has 38 heavy (non-hydrogen) atoms. The third-order valence-electron chi connectivity index (χ3n) is 6.77. The summed E-state index contributed by atoms with van der Waals surface area (Å²) in [5.74, 6) is 1.35. The molecule has 2 aliphatic heterocycles. The molecule has 0 bridgehead atoms. The lowest BCUT2D eigenvalue weighted by molar-refractivity contribution is 0.106. The van der Waals surface area contributed by atoms with Crippen LogP contribution in [0, 0.1) is 0 Å². The monoisotopic (exact) mass is 526 g/mol. The predicted molar refractivity (Wildman–Crippen MR) is 139 cm³/mol. The number of methoxy groups -OCH3 is 1. The van der Waals surface area contributed by atoms with E-state index in [1.165, 1.54) is 7.11 Å². The van der Waals surface area contributed by atoms with Crippen molar-refractivity contribution in [2.24, 2.45) is 0 Å². The second kappa shape index (κ2) is 11.6. The van der Waals surface area contributed by atoms with Gasteiger partial charge < -0.3 is 29.9 Å². The van der Waals surface area contributed by atoms with E-state index in [0.29, 0.717) is 50.9 Å². The van der Waals surface area contributed by atoms with Crippen molar-refractivity contribution in [3.8, 4) is 11.4 Å². The molecule has 2 saturated heterocycles. The number of benzene rings is 1. The fraction of sp³-hybridized carbons (Fsp3) is 0.480. The minimum Gasteiger partial charge on any atom is -0.453 e. The Balaban J connectivity index is 1.45. The number of urea groups is 1. The van der Waals surface area contributed by atoms with E-state index in [-0.39, 0.29) is 18.7 Å². The van der Waals surface area contributed by atoms with Crippen LogP contribution in [0.5, 0.6) is 0 Å². The molecule has 0 atom stereocenters. The van der Waals surface area contributed by atoms with Crippen LogP contribution in [0.3, 0.4) is 0 Å². The van der Waals surface area contributed by atoms with E-state index in [1.54, 1.807) is 17.0 Å². The van der Waals surface area contributed by atoms with E-state index in [4.69, 9.17) is 24.5 Å². The number of likely N-dealkylation sites (tertiary alicyclic amines) is 1. The van der Waals surface area contributed by atoms with E-state index in [9.17, 15) is 14.0 Å². The Morgan fingerprint density at radius 3 is 2.53 bits per heavy atom. The van der Waals surface area contributed by atoms with Gasteiger partial charge in [0.25, 0.3) is 0 Å². The molecule has 3 amide bonds. The minimum absolute atomic E-state index is 0.0442. The van der Waals surface area contributed by atoms with Crippen LogP contribution >= 0.6 is 0 Å². The van der Waals surface area contributed by atoms with Crippen LogP contribution in [0.15, 0.2) is 30.5 Å². The van der Waals surface area contributed by atoms with Crippen LogP contribution in [-0.2, 0) is 9.47 Å². The van der Waals surface area contributed by atoms with Gasteiger partial charge in [0.1, 0.15) is 12.5 Å². The Bertz CT molecular complexity index is 1270. The van der Waals surface area contributed by atoms with Gasteiger partial charge >= 0.3 is 12.1 Å². The first-order valence-electron chi connectivity index (χ1n) is 12.7. The fourth-order valence-corrected chi connectivity index (χ4v) is 4.78. The van der Waals surface area contributed by atoms with Gasteiger partial charge in [0.05, 0.1) is 37.9 Å². The number of ether oxygens (including phenoxy) is 2. The molecule has 2 N–H and O–H groups in total. The number of hydrogen-bond donors (Lipinski definition) is 2. The molecular weight excluding hydrogens is 495 g/mol. The molecule has 0 spiro atoms. The molecule has 202 valence electrons. The van der Waals surface area contributed by atoms with E-state index in [1.807, 2.05) is 23.0 Å². The summed E-state index contributed by atoms with van der Waals surface area (Å²) < 4.78 is 24.7. The second-order valence-electron chi connectivity index (χ2n) is 9.13. The zero-order valence-corrected chi connectivity index (χ0v) is 21.2. The summed E-state index contributed by atoms with van der Waals surface area (Å²) in [5, 5.41) is 10.7. The summed E-state index contributed by atoms with van der Waals surface area (Å²) in [7, 11) is 1.39.